The number of rotatable bonds is 5. The second kappa shape index (κ2) is 6.95. The number of amides is 1. The molecule has 0 radical (unpaired) electrons. The molecule has 1 aromatic carbocycles. The van der Waals surface area contributed by atoms with Gasteiger partial charge in [-0.25, -0.2) is 4.98 Å². The highest BCUT2D eigenvalue weighted by Crippen LogP contribution is 2.37. The SMILES string of the molecule is O=C(C1CC1)N(Cc1cccnc1)Cc1cc2cc3c(cc2nc1Cl)OCO3. The lowest BCUT2D eigenvalue weighted by atomic mass is 10.1. The Balaban J connectivity index is 1.47. The predicted molar refractivity (Wildman–Crippen MR) is 104 cm³/mol. The molecule has 1 amide bonds. The van der Waals surface area contributed by atoms with Crippen LogP contribution in [-0.4, -0.2) is 27.6 Å². The summed E-state index contributed by atoms with van der Waals surface area (Å²) in [5.74, 6) is 1.65. The first kappa shape index (κ1) is 17.3. The van der Waals surface area contributed by atoms with E-state index in [-0.39, 0.29) is 18.6 Å². The van der Waals surface area contributed by atoms with E-state index in [0.29, 0.717) is 29.7 Å². The molecule has 1 aliphatic heterocycles. The van der Waals surface area contributed by atoms with Gasteiger partial charge in [-0.2, -0.15) is 0 Å². The minimum atomic E-state index is 0.123. The summed E-state index contributed by atoms with van der Waals surface area (Å²) in [6.07, 6.45) is 5.42. The number of pyridine rings is 2. The van der Waals surface area contributed by atoms with Gasteiger partial charge in [-0.15, -0.1) is 0 Å². The van der Waals surface area contributed by atoms with Crippen LogP contribution in [0.5, 0.6) is 11.5 Å². The smallest absolute Gasteiger partial charge is 0.231 e. The normalized spacial score (nSPS) is 15.0. The van der Waals surface area contributed by atoms with Crippen LogP contribution in [0.1, 0.15) is 24.0 Å². The summed E-state index contributed by atoms with van der Waals surface area (Å²) in [5.41, 5.74) is 2.54. The van der Waals surface area contributed by atoms with Gasteiger partial charge in [0.15, 0.2) is 11.5 Å². The van der Waals surface area contributed by atoms with Gasteiger partial charge in [-0.3, -0.25) is 9.78 Å². The summed E-state index contributed by atoms with van der Waals surface area (Å²) in [6.45, 7) is 1.11. The first-order valence-corrected chi connectivity index (χ1v) is 9.61. The molecule has 0 saturated heterocycles. The maximum absolute atomic E-state index is 12.8. The third kappa shape index (κ3) is 3.36. The predicted octanol–water partition coefficient (Wildman–Crippen LogP) is 3.95. The quantitative estimate of drug-likeness (QED) is 0.612. The molecule has 28 heavy (non-hydrogen) atoms. The average molecular weight is 396 g/mol. The molecule has 0 N–H and O–H groups in total. The molecule has 6 nitrogen and oxygen atoms in total. The van der Waals surface area contributed by atoms with E-state index in [1.54, 1.807) is 12.4 Å². The number of fused-ring (bicyclic) bond motifs is 2. The molecule has 3 heterocycles. The minimum absolute atomic E-state index is 0.123. The molecule has 1 aliphatic carbocycles. The van der Waals surface area contributed by atoms with E-state index >= 15 is 0 Å². The zero-order chi connectivity index (χ0) is 19.1. The van der Waals surface area contributed by atoms with Crippen molar-refractivity contribution in [3.63, 3.8) is 0 Å². The van der Waals surface area contributed by atoms with E-state index in [1.165, 1.54) is 0 Å². The van der Waals surface area contributed by atoms with Crippen LogP contribution < -0.4 is 9.47 Å². The Morgan fingerprint density at radius 3 is 2.75 bits per heavy atom. The Morgan fingerprint density at radius 1 is 1.18 bits per heavy atom. The number of halogens is 1. The Hall–Kier alpha value is -2.86. The van der Waals surface area contributed by atoms with E-state index < -0.39 is 0 Å². The van der Waals surface area contributed by atoms with Gasteiger partial charge in [0.1, 0.15) is 5.15 Å². The lowest BCUT2D eigenvalue weighted by molar-refractivity contribution is -0.133. The second-order valence-corrected chi connectivity index (χ2v) is 7.52. The molecular weight excluding hydrogens is 378 g/mol. The van der Waals surface area contributed by atoms with E-state index in [4.69, 9.17) is 21.1 Å². The number of benzene rings is 1. The third-order valence-corrected chi connectivity index (χ3v) is 5.36. The highest BCUT2D eigenvalue weighted by Gasteiger charge is 2.33. The fraction of sp³-hybridized carbons (Fsp3) is 0.286. The lowest BCUT2D eigenvalue weighted by Gasteiger charge is -2.23. The molecule has 2 aromatic heterocycles. The molecule has 0 unspecified atom stereocenters. The number of nitrogens with zero attached hydrogens (tertiary/aromatic N) is 3. The van der Waals surface area contributed by atoms with Crippen molar-refractivity contribution < 1.29 is 14.3 Å². The van der Waals surface area contributed by atoms with Crippen molar-refractivity contribution in [3.05, 3.63) is 59.0 Å². The Kier molecular flexibility index (Phi) is 4.28. The number of carbonyl (C=O) groups is 1. The van der Waals surface area contributed by atoms with E-state index in [0.717, 1.165) is 34.9 Å². The summed E-state index contributed by atoms with van der Waals surface area (Å²) in [7, 11) is 0. The van der Waals surface area contributed by atoms with Gasteiger partial charge in [0.05, 0.1) is 5.52 Å². The van der Waals surface area contributed by atoms with Crippen molar-refractivity contribution in [2.75, 3.05) is 6.79 Å². The van der Waals surface area contributed by atoms with E-state index in [9.17, 15) is 4.79 Å². The number of aromatic nitrogens is 2. The van der Waals surface area contributed by atoms with Crippen molar-refractivity contribution >= 4 is 28.4 Å². The number of carbonyl (C=O) groups excluding carboxylic acids is 1. The largest absolute Gasteiger partial charge is 0.454 e. The van der Waals surface area contributed by atoms with Crippen molar-refractivity contribution in [3.8, 4) is 11.5 Å². The molecule has 1 fully saturated rings. The molecule has 0 spiro atoms. The first-order chi connectivity index (χ1) is 13.7. The average Bonchev–Trinajstić information content (AvgIpc) is 3.45. The van der Waals surface area contributed by atoms with Crippen LogP contribution in [0.15, 0.2) is 42.7 Å². The fourth-order valence-corrected chi connectivity index (χ4v) is 3.62. The molecule has 5 rings (SSSR count). The summed E-state index contributed by atoms with van der Waals surface area (Å²) >= 11 is 6.47. The Bertz CT molecular complexity index is 1050. The van der Waals surface area contributed by atoms with Gasteiger partial charge < -0.3 is 14.4 Å². The van der Waals surface area contributed by atoms with Crippen LogP contribution in [0.3, 0.4) is 0 Å². The van der Waals surface area contributed by atoms with Crippen molar-refractivity contribution in [2.45, 2.75) is 25.9 Å². The van der Waals surface area contributed by atoms with Gasteiger partial charge in [-0.05, 0) is 36.6 Å². The van der Waals surface area contributed by atoms with Gasteiger partial charge in [0.25, 0.3) is 0 Å². The Labute approximate surface area is 167 Å². The van der Waals surface area contributed by atoms with Crippen LogP contribution in [-0.2, 0) is 17.9 Å². The fourth-order valence-electron chi connectivity index (χ4n) is 3.41. The maximum atomic E-state index is 12.8. The van der Waals surface area contributed by atoms with Crippen molar-refractivity contribution in [1.29, 1.82) is 0 Å². The molecule has 7 heteroatoms. The monoisotopic (exact) mass is 395 g/mol. The zero-order valence-corrected chi connectivity index (χ0v) is 15.9. The Morgan fingerprint density at radius 2 is 2.00 bits per heavy atom. The number of ether oxygens (including phenoxy) is 2. The van der Waals surface area contributed by atoms with Crippen molar-refractivity contribution in [2.24, 2.45) is 5.92 Å². The van der Waals surface area contributed by atoms with E-state index in [1.807, 2.05) is 35.2 Å². The molecule has 3 aromatic rings. The van der Waals surface area contributed by atoms with Crippen LogP contribution in [0.25, 0.3) is 10.9 Å². The van der Waals surface area contributed by atoms with E-state index in [2.05, 4.69) is 9.97 Å². The minimum Gasteiger partial charge on any atom is -0.454 e. The molecule has 142 valence electrons. The van der Waals surface area contributed by atoms with Gasteiger partial charge in [0.2, 0.25) is 12.7 Å². The highest BCUT2D eigenvalue weighted by molar-refractivity contribution is 6.30. The van der Waals surface area contributed by atoms with Crippen molar-refractivity contribution in [1.82, 2.24) is 14.9 Å². The molecule has 1 saturated carbocycles. The first-order valence-electron chi connectivity index (χ1n) is 9.24. The zero-order valence-electron chi connectivity index (χ0n) is 15.1. The topological polar surface area (TPSA) is 64.6 Å². The summed E-state index contributed by atoms with van der Waals surface area (Å²) in [5, 5.41) is 1.30. The van der Waals surface area contributed by atoms with Crippen LogP contribution in [0, 0.1) is 5.92 Å². The molecular formula is C21H18ClN3O3. The summed E-state index contributed by atoms with van der Waals surface area (Å²) in [6, 6.07) is 9.56. The highest BCUT2D eigenvalue weighted by atomic mass is 35.5. The second-order valence-electron chi connectivity index (χ2n) is 7.17. The molecule has 0 bridgehead atoms. The number of hydrogen-bond donors (Lipinski definition) is 0. The van der Waals surface area contributed by atoms with Crippen LogP contribution in [0.2, 0.25) is 5.15 Å². The number of hydrogen-bond acceptors (Lipinski definition) is 5. The summed E-state index contributed by atoms with van der Waals surface area (Å²) < 4.78 is 10.9. The molecule has 0 atom stereocenters. The standard InChI is InChI=1S/C21H18ClN3O3/c22-20-16(6-15-7-18-19(28-12-27-18)8-17(15)24-20)11-25(21(26)14-3-4-14)10-13-2-1-5-23-9-13/h1-2,5-9,14H,3-4,10-12H2. The van der Waals surface area contributed by atoms with Gasteiger partial charge >= 0.3 is 0 Å². The van der Waals surface area contributed by atoms with Gasteiger partial charge in [-0.1, -0.05) is 17.7 Å². The van der Waals surface area contributed by atoms with Gasteiger partial charge in [0, 0.05) is 48.4 Å². The maximum Gasteiger partial charge on any atom is 0.231 e. The van der Waals surface area contributed by atoms with Crippen LogP contribution in [0.4, 0.5) is 0 Å². The summed E-state index contributed by atoms with van der Waals surface area (Å²) in [4.78, 5) is 23.4. The third-order valence-electron chi connectivity index (χ3n) is 5.03. The lowest BCUT2D eigenvalue weighted by Crippen LogP contribution is -2.31. The molecule has 2 aliphatic rings. The van der Waals surface area contributed by atoms with Crippen LogP contribution >= 0.6 is 11.6 Å².